The fraction of sp³-hybridized carbons (Fsp3) is 0.800. The molecule has 0 aromatic heterocycles. The lowest BCUT2D eigenvalue weighted by molar-refractivity contribution is 0.326. The summed E-state index contributed by atoms with van der Waals surface area (Å²) >= 11 is 0. The van der Waals surface area contributed by atoms with Crippen LogP contribution in [-0.4, -0.2) is 6.04 Å². The molecule has 2 atom stereocenters. The molecule has 2 heteroatoms. The maximum Gasteiger partial charge on any atom is 0.0672 e. The van der Waals surface area contributed by atoms with Crippen molar-refractivity contribution in [2.24, 2.45) is 11.7 Å². The average Bonchev–Trinajstić information content (AvgIpc) is 1.65. The van der Waals surface area contributed by atoms with Gasteiger partial charge in [0.15, 0.2) is 0 Å². The van der Waals surface area contributed by atoms with E-state index in [1.54, 1.807) is 0 Å². The van der Waals surface area contributed by atoms with Gasteiger partial charge in [-0.25, -0.2) is 0 Å². The Balaban J connectivity index is 2.33. The zero-order valence-corrected chi connectivity index (χ0v) is 4.09. The Morgan fingerprint density at radius 2 is 2.29 bits per heavy atom. The Bertz CT molecular complexity index is 103. The predicted molar refractivity (Wildman–Crippen MR) is 26.3 cm³/mol. The number of rotatable bonds is 0. The minimum Gasteiger partial charge on any atom is -0.327 e. The first-order valence-electron chi connectivity index (χ1n) is 2.50. The van der Waals surface area contributed by atoms with Gasteiger partial charge in [-0.15, -0.1) is 0 Å². The van der Waals surface area contributed by atoms with E-state index in [-0.39, 0.29) is 12.0 Å². The fourth-order valence-corrected chi connectivity index (χ4v) is 0.686. The van der Waals surface area contributed by atoms with Crippen LogP contribution in [0.15, 0.2) is 0 Å². The molecule has 0 bridgehead atoms. The van der Waals surface area contributed by atoms with Crippen LogP contribution in [-0.2, 0) is 0 Å². The van der Waals surface area contributed by atoms with Crippen LogP contribution in [0.3, 0.4) is 0 Å². The first-order valence-corrected chi connectivity index (χ1v) is 2.50. The van der Waals surface area contributed by atoms with Gasteiger partial charge in [-0.2, -0.15) is 5.26 Å². The molecule has 0 unspecified atom stereocenters. The van der Waals surface area contributed by atoms with Crippen LogP contribution in [0.1, 0.15) is 12.8 Å². The van der Waals surface area contributed by atoms with Crippen molar-refractivity contribution in [1.82, 2.24) is 0 Å². The quantitative estimate of drug-likeness (QED) is 0.470. The Morgan fingerprint density at radius 1 is 1.57 bits per heavy atom. The maximum atomic E-state index is 8.23. The average molecular weight is 96.1 g/mol. The molecule has 2 nitrogen and oxygen atoms in total. The SMILES string of the molecule is N#C[C@@H]1CC[C@H]1N. The standard InChI is InChI=1S/C5H8N2/c6-3-4-1-2-5(4)7/h4-5H,1-2,7H2/t4-,5+/m0/s1. The van der Waals surface area contributed by atoms with Gasteiger partial charge in [0.2, 0.25) is 0 Å². The van der Waals surface area contributed by atoms with E-state index in [1.165, 1.54) is 0 Å². The highest BCUT2D eigenvalue weighted by atomic mass is 14.7. The molecule has 0 aliphatic heterocycles. The predicted octanol–water partition coefficient (Wildman–Crippen LogP) is 0.247. The molecule has 0 aromatic carbocycles. The molecule has 0 radical (unpaired) electrons. The zero-order valence-electron chi connectivity index (χ0n) is 4.09. The summed E-state index contributed by atoms with van der Waals surface area (Å²) in [4.78, 5) is 0. The molecule has 0 spiro atoms. The van der Waals surface area contributed by atoms with E-state index in [1.807, 2.05) is 0 Å². The fourth-order valence-electron chi connectivity index (χ4n) is 0.686. The van der Waals surface area contributed by atoms with Gasteiger partial charge < -0.3 is 5.73 Å². The Hall–Kier alpha value is -0.550. The van der Waals surface area contributed by atoms with Crippen LogP contribution in [0, 0.1) is 17.2 Å². The van der Waals surface area contributed by atoms with Gasteiger partial charge in [0.1, 0.15) is 0 Å². The van der Waals surface area contributed by atoms with Crippen LogP contribution in [0.4, 0.5) is 0 Å². The largest absolute Gasteiger partial charge is 0.327 e. The summed E-state index contributed by atoms with van der Waals surface area (Å²) in [5.74, 6) is 0.167. The van der Waals surface area contributed by atoms with Crippen molar-refractivity contribution in [3.05, 3.63) is 0 Å². The third-order valence-corrected chi connectivity index (χ3v) is 1.49. The van der Waals surface area contributed by atoms with Gasteiger partial charge >= 0.3 is 0 Å². The number of nitrogens with zero attached hydrogens (tertiary/aromatic N) is 1. The highest BCUT2D eigenvalue weighted by Gasteiger charge is 2.26. The molecule has 1 fully saturated rings. The lowest BCUT2D eigenvalue weighted by Gasteiger charge is -2.26. The first-order chi connectivity index (χ1) is 3.34. The molecule has 0 heterocycles. The lowest BCUT2D eigenvalue weighted by atomic mass is 9.82. The van der Waals surface area contributed by atoms with Crippen LogP contribution in [0.5, 0.6) is 0 Å². The van der Waals surface area contributed by atoms with E-state index in [9.17, 15) is 0 Å². The van der Waals surface area contributed by atoms with E-state index in [2.05, 4.69) is 6.07 Å². The summed E-state index contributed by atoms with van der Waals surface area (Å²) < 4.78 is 0. The van der Waals surface area contributed by atoms with Crippen molar-refractivity contribution >= 4 is 0 Å². The first kappa shape index (κ1) is 4.61. The molecule has 1 aliphatic carbocycles. The van der Waals surface area contributed by atoms with Crippen molar-refractivity contribution in [2.75, 3.05) is 0 Å². The highest BCUT2D eigenvalue weighted by molar-refractivity contribution is 4.97. The topological polar surface area (TPSA) is 49.8 Å². The monoisotopic (exact) mass is 96.1 g/mol. The summed E-state index contributed by atoms with van der Waals surface area (Å²) in [6, 6.07) is 2.31. The van der Waals surface area contributed by atoms with Gasteiger partial charge in [-0.1, -0.05) is 0 Å². The molecule has 7 heavy (non-hydrogen) atoms. The second kappa shape index (κ2) is 1.51. The summed E-state index contributed by atoms with van der Waals surface area (Å²) in [5, 5.41) is 8.23. The molecular formula is C5H8N2. The normalized spacial score (nSPS) is 38.9. The van der Waals surface area contributed by atoms with Crippen molar-refractivity contribution in [2.45, 2.75) is 18.9 Å². The van der Waals surface area contributed by atoms with E-state index < -0.39 is 0 Å². The third kappa shape index (κ3) is 0.594. The molecule has 1 rings (SSSR count). The van der Waals surface area contributed by atoms with Crippen LogP contribution >= 0.6 is 0 Å². The Labute approximate surface area is 42.9 Å². The second-order valence-electron chi connectivity index (χ2n) is 1.98. The smallest absolute Gasteiger partial charge is 0.0672 e. The number of nitrogens with two attached hydrogens (primary N) is 1. The summed E-state index contributed by atoms with van der Waals surface area (Å²) in [7, 11) is 0. The highest BCUT2D eigenvalue weighted by Crippen LogP contribution is 2.23. The van der Waals surface area contributed by atoms with Gasteiger partial charge in [0.05, 0.1) is 12.0 Å². The van der Waals surface area contributed by atoms with E-state index in [0.717, 1.165) is 12.8 Å². The molecule has 0 saturated heterocycles. The van der Waals surface area contributed by atoms with E-state index in [4.69, 9.17) is 11.0 Å². The molecule has 0 amide bonds. The minimum absolute atomic E-state index is 0.167. The van der Waals surface area contributed by atoms with Crippen molar-refractivity contribution in [1.29, 1.82) is 5.26 Å². The lowest BCUT2D eigenvalue weighted by Crippen LogP contribution is -2.38. The van der Waals surface area contributed by atoms with Gasteiger partial charge in [0.25, 0.3) is 0 Å². The van der Waals surface area contributed by atoms with Gasteiger partial charge in [0, 0.05) is 6.04 Å². The number of hydrogen-bond acceptors (Lipinski definition) is 2. The van der Waals surface area contributed by atoms with Crippen LogP contribution in [0.25, 0.3) is 0 Å². The molecule has 38 valence electrons. The Morgan fingerprint density at radius 3 is 2.29 bits per heavy atom. The molecular weight excluding hydrogens is 88.1 g/mol. The molecule has 0 aromatic rings. The number of hydrogen-bond donors (Lipinski definition) is 1. The minimum atomic E-state index is 0.167. The van der Waals surface area contributed by atoms with Gasteiger partial charge in [-0.3, -0.25) is 0 Å². The van der Waals surface area contributed by atoms with Crippen LogP contribution in [0.2, 0.25) is 0 Å². The molecule has 1 aliphatic rings. The van der Waals surface area contributed by atoms with Crippen molar-refractivity contribution in [3.8, 4) is 6.07 Å². The zero-order chi connectivity index (χ0) is 5.28. The van der Waals surface area contributed by atoms with E-state index in [0.29, 0.717) is 0 Å². The molecule has 1 saturated carbocycles. The maximum absolute atomic E-state index is 8.23. The van der Waals surface area contributed by atoms with Crippen molar-refractivity contribution < 1.29 is 0 Å². The van der Waals surface area contributed by atoms with Crippen molar-refractivity contribution in [3.63, 3.8) is 0 Å². The van der Waals surface area contributed by atoms with E-state index >= 15 is 0 Å². The third-order valence-electron chi connectivity index (χ3n) is 1.49. The summed E-state index contributed by atoms with van der Waals surface area (Å²) in [6.07, 6.45) is 2.05. The summed E-state index contributed by atoms with van der Waals surface area (Å²) in [6.45, 7) is 0. The van der Waals surface area contributed by atoms with Crippen LogP contribution < -0.4 is 5.73 Å². The molecule has 2 N–H and O–H groups in total. The van der Waals surface area contributed by atoms with Gasteiger partial charge in [-0.05, 0) is 12.8 Å². The Kier molecular flexibility index (Phi) is 0.994. The number of nitriles is 1. The summed E-state index contributed by atoms with van der Waals surface area (Å²) in [5.41, 5.74) is 5.41. The second-order valence-corrected chi connectivity index (χ2v) is 1.98.